The first-order chi connectivity index (χ1) is 11.2. The number of nitrogens with zero attached hydrogens (tertiary/aromatic N) is 4. The Morgan fingerprint density at radius 3 is 2.83 bits per heavy atom. The van der Waals surface area contributed by atoms with Crippen molar-refractivity contribution in [3.8, 4) is 11.4 Å². The van der Waals surface area contributed by atoms with E-state index in [0.717, 1.165) is 23.5 Å². The van der Waals surface area contributed by atoms with Crippen molar-refractivity contribution >= 4 is 17.3 Å². The molecule has 1 saturated heterocycles. The lowest BCUT2D eigenvalue weighted by atomic mass is 10.1. The number of nitrogen functional groups attached to an aromatic ring is 1. The third kappa shape index (κ3) is 2.50. The molecule has 2 aromatic rings. The van der Waals surface area contributed by atoms with Crippen LogP contribution in [0.15, 0.2) is 41.6 Å². The monoisotopic (exact) mass is 308 g/mol. The van der Waals surface area contributed by atoms with Gasteiger partial charge < -0.3 is 11.1 Å². The highest BCUT2D eigenvalue weighted by atomic mass is 16.2. The maximum atomic E-state index is 11.9. The summed E-state index contributed by atoms with van der Waals surface area (Å²) in [5.41, 5.74) is 8.89. The van der Waals surface area contributed by atoms with E-state index in [2.05, 4.69) is 20.4 Å². The van der Waals surface area contributed by atoms with E-state index in [1.165, 1.54) is 0 Å². The minimum absolute atomic E-state index is 0.0304. The predicted molar refractivity (Wildman–Crippen MR) is 86.5 cm³/mol. The van der Waals surface area contributed by atoms with Crippen molar-refractivity contribution in [1.29, 1.82) is 0 Å². The van der Waals surface area contributed by atoms with E-state index in [1.54, 1.807) is 6.20 Å². The summed E-state index contributed by atoms with van der Waals surface area (Å²) in [7, 11) is 0. The van der Waals surface area contributed by atoms with Gasteiger partial charge in [-0.15, -0.1) is 0 Å². The molecule has 0 radical (unpaired) electrons. The molecule has 0 bridgehead atoms. The Kier molecular flexibility index (Phi) is 3.18. The molecule has 2 aliphatic heterocycles. The number of hydrogen-bond donors (Lipinski definition) is 2. The van der Waals surface area contributed by atoms with Gasteiger partial charge in [0.25, 0.3) is 0 Å². The maximum Gasteiger partial charge on any atom is 0.244 e. The second kappa shape index (κ2) is 5.35. The van der Waals surface area contributed by atoms with Crippen molar-refractivity contribution in [2.45, 2.75) is 12.5 Å². The number of aromatic nitrogens is 2. The highest BCUT2D eigenvalue weighted by Crippen LogP contribution is 2.22. The Balaban J connectivity index is 1.64. The lowest BCUT2D eigenvalue weighted by molar-refractivity contribution is -0.128. The number of carbonyl (C=O) groups excluding carboxylic acids is 1. The van der Waals surface area contributed by atoms with Crippen LogP contribution in [-0.4, -0.2) is 45.7 Å². The molecule has 1 atom stereocenters. The first kappa shape index (κ1) is 13.7. The van der Waals surface area contributed by atoms with Crippen molar-refractivity contribution in [3.63, 3.8) is 0 Å². The van der Waals surface area contributed by atoms with Crippen LogP contribution >= 0.6 is 0 Å². The molecule has 0 spiro atoms. The number of anilines is 1. The third-order valence-electron chi connectivity index (χ3n) is 4.06. The summed E-state index contributed by atoms with van der Waals surface area (Å²) in [6, 6.07) is 9.04. The van der Waals surface area contributed by atoms with Crippen molar-refractivity contribution in [3.05, 3.63) is 42.2 Å². The quantitative estimate of drug-likeness (QED) is 0.793. The Hall–Kier alpha value is -2.96. The van der Waals surface area contributed by atoms with Crippen molar-refractivity contribution < 1.29 is 4.79 Å². The minimum Gasteiger partial charge on any atom is -0.399 e. The maximum absolute atomic E-state index is 11.9. The Morgan fingerprint density at radius 2 is 2.04 bits per heavy atom. The van der Waals surface area contributed by atoms with Gasteiger partial charge in [0.1, 0.15) is 6.04 Å². The number of piperazine rings is 1. The molecule has 4 rings (SSSR count). The summed E-state index contributed by atoms with van der Waals surface area (Å²) >= 11 is 0. The Labute approximate surface area is 133 Å². The van der Waals surface area contributed by atoms with E-state index >= 15 is 0 Å². The van der Waals surface area contributed by atoms with Crippen molar-refractivity contribution in [1.82, 2.24) is 20.3 Å². The second-order valence-corrected chi connectivity index (χ2v) is 5.61. The van der Waals surface area contributed by atoms with Gasteiger partial charge in [0.15, 0.2) is 5.82 Å². The van der Waals surface area contributed by atoms with Crippen LogP contribution in [0.3, 0.4) is 0 Å². The number of benzene rings is 1. The van der Waals surface area contributed by atoms with Crippen LogP contribution in [0.25, 0.3) is 11.4 Å². The molecule has 116 valence electrons. The average molecular weight is 308 g/mol. The number of rotatable bonds is 2. The summed E-state index contributed by atoms with van der Waals surface area (Å²) in [6.45, 7) is 1.36. The topological polar surface area (TPSA) is 96.5 Å². The molecule has 0 aliphatic carbocycles. The van der Waals surface area contributed by atoms with Crippen LogP contribution in [-0.2, 0) is 4.79 Å². The molecular formula is C16H16N6O. The summed E-state index contributed by atoms with van der Waals surface area (Å²) in [4.78, 5) is 20.8. The number of amides is 1. The van der Waals surface area contributed by atoms with Crippen molar-refractivity contribution in [2.75, 3.05) is 18.8 Å². The Morgan fingerprint density at radius 1 is 1.22 bits per heavy atom. The highest BCUT2D eigenvalue weighted by molar-refractivity contribution is 6.03. The molecule has 2 aliphatic rings. The highest BCUT2D eigenvalue weighted by Gasteiger charge is 2.35. The Bertz CT molecular complexity index is 785. The molecule has 1 fully saturated rings. The SMILES string of the molecule is Nc1ccc(-c2nccc(C3=NN4CCNC(=O)C4C3)n2)cc1. The number of fused-ring (bicyclic) bond motifs is 1. The van der Waals surface area contributed by atoms with Crippen LogP contribution in [0, 0.1) is 0 Å². The van der Waals surface area contributed by atoms with E-state index in [9.17, 15) is 4.79 Å². The van der Waals surface area contributed by atoms with Crippen LogP contribution in [0.2, 0.25) is 0 Å². The minimum atomic E-state index is -0.214. The summed E-state index contributed by atoms with van der Waals surface area (Å²) in [5, 5.41) is 9.27. The van der Waals surface area contributed by atoms with E-state index in [-0.39, 0.29) is 11.9 Å². The zero-order valence-corrected chi connectivity index (χ0v) is 12.4. The fourth-order valence-electron chi connectivity index (χ4n) is 2.85. The van der Waals surface area contributed by atoms with E-state index in [4.69, 9.17) is 5.73 Å². The molecule has 7 heteroatoms. The summed E-state index contributed by atoms with van der Waals surface area (Å²) < 4.78 is 0. The van der Waals surface area contributed by atoms with Gasteiger partial charge in [-0.05, 0) is 30.3 Å². The molecule has 1 unspecified atom stereocenters. The number of nitrogens with one attached hydrogen (secondary N) is 1. The third-order valence-corrected chi connectivity index (χ3v) is 4.06. The van der Waals surface area contributed by atoms with Crippen LogP contribution in [0.5, 0.6) is 0 Å². The van der Waals surface area contributed by atoms with Crippen molar-refractivity contribution in [2.24, 2.45) is 5.10 Å². The van der Waals surface area contributed by atoms with Crippen LogP contribution in [0.4, 0.5) is 5.69 Å². The molecule has 1 aromatic heterocycles. The zero-order valence-electron chi connectivity index (χ0n) is 12.4. The lowest BCUT2D eigenvalue weighted by Crippen LogP contribution is -2.51. The second-order valence-electron chi connectivity index (χ2n) is 5.61. The van der Waals surface area contributed by atoms with E-state index < -0.39 is 0 Å². The van der Waals surface area contributed by atoms with Gasteiger partial charge in [-0.3, -0.25) is 9.80 Å². The average Bonchev–Trinajstić information content (AvgIpc) is 3.01. The predicted octanol–water partition coefficient (Wildman–Crippen LogP) is 0.634. The number of carbonyl (C=O) groups is 1. The zero-order chi connectivity index (χ0) is 15.8. The number of hydrazone groups is 1. The molecule has 7 nitrogen and oxygen atoms in total. The molecule has 3 N–H and O–H groups in total. The fraction of sp³-hybridized carbons (Fsp3) is 0.250. The van der Waals surface area contributed by atoms with Gasteiger partial charge in [-0.1, -0.05) is 0 Å². The first-order valence-electron chi connectivity index (χ1n) is 7.52. The lowest BCUT2D eigenvalue weighted by Gasteiger charge is -2.27. The largest absolute Gasteiger partial charge is 0.399 e. The molecular weight excluding hydrogens is 292 g/mol. The molecule has 0 saturated carbocycles. The van der Waals surface area contributed by atoms with Crippen LogP contribution in [0.1, 0.15) is 12.1 Å². The van der Waals surface area contributed by atoms with Crippen LogP contribution < -0.4 is 11.1 Å². The van der Waals surface area contributed by atoms with Gasteiger partial charge >= 0.3 is 0 Å². The van der Waals surface area contributed by atoms with Gasteiger partial charge in [-0.25, -0.2) is 9.97 Å². The first-order valence-corrected chi connectivity index (χ1v) is 7.52. The van der Waals surface area contributed by atoms with Gasteiger partial charge in [0.2, 0.25) is 5.91 Å². The van der Waals surface area contributed by atoms with Gasteiger partial charge in [-0.2, -0.15) is 5.10 Å². The molecule has 1 aromatic carbocycles. The standard InChI is InChI=1S/C16H16N6O/c17-11-3-1-10(2-4-11)15-18-6-5-12(20-15)13-9-14-16(23)19-7-8-22(14)21-13/h1-6,14H,7-9,17H2,(H,19,23). The normalized spacial score (nSPS) is 20.0. The van der Waals surface area contributed by atoms with E-state index in [1.807, 2.05) is 35.3 Å². The van der Waals surface area contributed by atoms with E-state index in [0.29, 0.717) is 24.5 Å². The summed E-state index contributed by atoms with van der Waals surface area (Å²) in [5.74, 6) is 0.655. The molecule has 3 heterocycles. The fourth-order valence-corrected chi connectivity index (χ4v) is 2.85. The number of nitrogens with two attached hydrogens (primary N) is 1. The smallest absolute Gasteiger partial charge is 0.244 e. The molecule has 23 heavy (non-hydrogen) atoms. The van der Waals surface area contributed by atoms with Gasteiger partial charge in [0.05, 0.1) is 18.0 Å². The van der Waals surface area contributed by atoms with Gasteiger partial charge in [0, 0.05) is 30.4 Å². The number of hydrogen-bond acceptors (Lipinski definition) is 6. The summed E-state index contributed by atoms with van der Waals surface area (Å²) in [6.07, 6.45) is 2.29. The molecule has 1 amide bonds.